The zero-order chi connectivity index (χ0) is 19.4. The van der Waals surface area contributed by atoms with Crippen LogP contribution in [-0.4, -0.2) is 54.3 Å². The number of nitrogens with one attached hydrogen (secondary N) is 1. The number of carbonyl (C=O) groups is 2. The van der Waals surface area contributed by atoms with Crippen LogP contribution in [-0.2, 0) is 0 Å². The Kier molecular flexibility index (Phi) is 6.08. The van der Waals surface area contributed by atoms with Gasteiger partial charge < -0.3 is 15.1 Å². The minimum Gasteiger partial charge on any atom is -0.336 e. The van der Waals surface area contributed by atoms with Gasteiger partial charge in [0.25, 0.3) is 11.8 Å². The van der Waals surface area contributed by atoms with E-state index in [-0.39, 0.29) is 16.8 Å². The number of rotatable bonds is 4. The van der Waals surface area contributed by atoms with Crippen LogP contribution >= 0.6 is 11.6 Å². The van der Waals surface area contributed by atoms with E-state index >= 15 is 0 Å². The lowest BCUT2D eigenvalue weighted by atomic mass is 10.1. The molecule has 0 spiro atoms. The van der Waals surface area contributed by atoms with E-state index in [1.54, 1.807) is 24.3 Å². The first-order valence-corrected chi connectivity index (χ1v) is 9.24. The second-order valence-electron chi connectivity index (χ2n) is 6.39. The number of carbonyl (C=O) groups excluding carboxylic acids is 2. The van der Waals surface area contributed by atoms with Crippen LogP contribution in [0.4, 0.5) is 10.1 Å². The van der Waals surface area contributed by atoms with E-state index in [9.17, 15) is 14.0 Å². The molecule has 27 heavy (non-hydrogen) atoms. The van der Waals surface area contributed by atoms with E-state index in [0.717, 1.165) is 19.6 Å². The first-order valence-electron chi connectivity index (χ1n) is 8.86. The van der Waals surface area contributed by atoms with Crippen molar-refractivity contribution in [2.75, 3.05) is 38.0 Å². The van der Waals surface area contributed by atoms with E-state index in [4.69, 9.17) is 11.6 Å². The Morgan fingerprint density at radius 1 is 1.04 bits per heavy atom. The minimum absolute atomic E-state index is 0.0250. The first kappa shape index (κ1) is 19.3. The summed E-state index contributed by atoms with van der Waals surface area (Å²) in [6, 6.07) is 10.5. The van der Waals surface area contributed by atoms with Crippen LogP contribution < -0.4 is 5.32 Å². The highest BCUT2D eigenvalue weighted by atomic mass is 35.5. The Bertz CT molecular complexity index is 834. The zero-order valence-electron chi connectivity index (χ0n) is 15.0. The van der Waals surface area contributed by atoms with Gasteiger partial charge in [0, 0.05) is 43.0 Å². The Morgan fingerprint density at radius 3 is 2.26 bits per heavy atom. The van der Waals surface area contributed by atoms with Crippen LogP contribution in [0.15, 0.2) is 42.5 Å². The van der Waals surface area contributed by atoms with Crippen LogP contribution in [0.25, 0.3) is 0 Å². The fourth-order valence-electron chi connectivity index (χ4n) is 2.99. The van der Waals surface area contributed by atoms with Crippen LogP contribution in [0.5, 0.6) is 0 Å². The summed E-state index contributed by atoms with van der Waals surface area (Å²) in [4.78, 5) is 29.0. The summed E-state index contributed by atoms with van der Waals surface area (Å²) in [5, 5.41) is 2.60. The van der Waals surface area contributed by atoms with Crippen LogP contribution in [0.1, 0.15) is 27.6 Å². The highest BCUT2D eigenvalue weighted by Crippen LogP contribution is 2.20. The largest absolute Gasteiger partial charge is 0.336 e. The molecular formula is C20H21ClFN3O2. The quantitative estimate of drug-likeness (QED) is 0.870. The SMILES string of the molecule is CCN1CCN(C(=O)c2ccc(C(=O)Nc3ccc(F)c(Cl)c3)cc2)CC1. The van der Waals surface area contributed by atoms with Crippen molar-refractivity contribution in [3.8, 4) is 0 Å². The molecular weight excluding hydrogens is 369 g/mol. The number of benzene rings is 2. The van der Waals surface area contributed by atoms with E-state index in [1.165, 1.54) is 18.2 Å². The van der Waals surface area contributed by atoms with E-state index < -0.39 is 5.82 Å². The van der Waals surface area contributed by atoms with Crippen molar-refractivity contribution >= 4 is 29.1 Å². The molecule has 1 aliphatic rings. The number of piperazine rings is 1. The van der Waals surface area contributed by atoms with Crippen molar-refractivity contribution in [2.45, 2.75) is 6.92 Å². The van der Waals surface area contributed by atoms with E-state index in [2.05, 4.69) is 17.1 Å². The van der Waals surface area contributed by atoms with Crippen LogP contribution in [0.2, 0.25) is 5.02 Å². The molecule has 0 atom stereocenters. The third kappa shape index (κ3) is 4.64. The summed E-state index contributed by atoms with van der Waals surface area (Å²) in [6.07, 6.45) is 0. The topological polar surface area (TPSA) is 52.7 Å². The lowest BCUT2D eigenvalue weighted by Gasteiger charge is -2.34. The van der Waals surface area contributed by atoms with Crippen molar-refractivity contribution in [3.05, 3.63) is 64.4 Å². The van der Waals surface area contributed by atoms with Crippen molar-refractivity contribution in [3.63, 3.8) is 0 Å². The van der Waals surface area contributed by atoms with Gasteiger partial charge in [-0.3, -0.25) is 9.59 Å². The monoisotopic (exact) mass is 389 g/mol. The summed E-state index contributed by atoms with van der Waals surface area (Å²) >= 11 is 5.72. The molecule has 1 heterocycles. The fraction of sp³-hybridized carbons (Fsp3) is 0.300. The van der Waals surface area contributed by atoms with Gasteiger partial charge in [-0.1, -0.05) is 18.5 Å². The molecule has 7 heteroatoms. The third-order valence-electron chi connectivity index (χ3n) is 4.68. The summed E-state index contributed by atoms with van der Waals surface area (Å²) in [5.41, 5.74) is 1.37. The zero-order valence-corrected chi connectivity index (χ0v) is 15.8. The molecule has 2 aromatic carbocycles. The molecule has 1 saturated heterocycles. The maximum atomic E-state index is 13.2. The van der Waals surface area contributed by atoms with Crippen molar-refractivity contribution < 1.29 is 14.0 Å². The molecule has 3 rings (SSSR count). The summed E-state index contributed by atoms with van der Waals surface area (Å²) in [7, 11) is 0. The summed E-state index contributed by atoms with van der Waals surface area (Å²) in [6.45, 7) is 6.28. The van der Waals surface area contributed by atoms with Crippen LogP contribution in [0.3, 0.4) is 0 Å². The van der Waals surface area contributed by atoms with Crippen molar-refractivity contribution in [1.29, 1.82) is 0 Å². The van der Waals surface area contributed by atoms with Gasteiger partial charge in [-0.25, -0.2) is 4.39 Å². The molecule has 2 amide bonds. The molecule has 2 aromatic rings. The second-order valence-corrected chi connectivity index (χ2v) is 6.79. The van der Waals surface area contributed by atoms with Gasteiger partial charge in [0.05, 0.1) is 5.02 Å². The highest BCUT2D eigenvalue weighted by Gasteiger charge is 2.21. The molecule has 0 bridgehead atoms. The number of nitrogens with zero attached hydrogens (tertiary/aromatic N) is 2. The number of likely N-dealkylation sites (N-methyl/N-ethyl adjacent to an activating group) is 1. The minimum atomic E-state index is -0.544. The Morgan fingerprint density at radius 2 is 1.67 bits per heavy atom. The number of hydrogen-bond acceptors (Lipinski definition) is 3. The molecule has 0 aliphatic carbocycles. The number of amides is 2. The molecule has 1 fully saturated rings. The van der Waals surface area contributed by atoms with Gasteiger partial charge >= 0.3 is 0 Å². The maximum Gasteiger partial charge on any atom is 0.255 e. The second kappa shape index (κ2) is 8.50. The Hall–Kier alpha value is -2.44. The van der Waals surface area contributed by atoms with Gasteiger partial charge in [-0.15, -0.1) is 0 Å². The standard InChI is InChI=1S/C20H21ClFN3O2/c1-2-24-9-11-25(12-10-24)20(27)15-5-3-14(4-6-15)19(26)23-16-7-8-18(22)17(21)13-16/h3-8,13H,2,9-12H2,1H3,(H,23,26). The van der Waals surface area contributed by atoms with Gasteiger partial charge in [-0.2, -0.15) is 0 Å². The number of hydrogen-bond donors (Lipinski definition) is 1. The van der Waals surface area contributed by atoms with Crippen molar-refractivity contribution in [2.24, 2.45) is 0 Å². The predicted octanol–water partition coefficient (Wildman–Crippen LogP) is 3.51. The lowest BCUT2D eigenvalue weighted by molar-refractivity contribution is 0.0643. The molecule has 5 nitrogen and oxygen atoms in total. The third-order valence-corrected chi connectivity index (χ3v) is 4.97. The van der Waals surface area contributed by atoms with Gasteiger partial charge in [0.15, 0.2) is 0 Å². The Labute approximate surface area is 162 Å². The summed E-state index contributed by atoms with van der Waals surface area (Å²) < 4.78 is 13.2. The van der Waals surface area contributed by atoms with Gasteiger partial charge in [0.2, 0.25) is 0 Å². The maximum absolute atomic E-state index is 13.2. The normalized spacial score (nSPS) is 14.9. The first-order chi connectivity index (χ1) is 13.0. The number of anilines is 1. The Balaban J connectivity index is 1.63. The van der Waals surface area contributed by atoms with Crippen LogP contribution in [0, 0.1) is 5.82 Å². The van der Waals surface area contributed by atoms with Crippen molar-refractivity contribution in [1.82, 2.24) is 9.80 Å². The van der Waals surface area contributed by atoms with Gasteiger partial charge in [-0.05, 0) is 49.0 Å². The molecule has 0 saturated carbocycles. The highest BCUT2D eigenvalue weighted by molar-refractivity contribution is 6.31. The molecule has 0 radical (unpaired) electrons. The average molecular weight is 390 g/mol. The lowest BCUT2D eigenvalue weighted by Crippen LogP contribution is -2.48. The van der Waals surface area contributed by atoms with Gasteiger partial charge in [0.1, 0.15) is 5.82 Å². The average Bonchev–Trinajstić information content (AvgIpc) is 2.70. The molecule has 0 unspecified atom stereocenters. The molecule has 1 N–H and O–H groups in total. The van der Waals surface area contributed by atoms with E-state index in [0.29, 0.717) is 29.9 Å². The fourth-order valence-corrected chi connectivity index (χ4v) is 3.17. The molecule has 0 aromatic heterocycles. The smallest absolute Gasteiger partial charge is 0.255 e. The molecule has 142 valence electrons. The number of halogens is 2. The summed E-state index contributed by atoms with van der Waals surface area (Å²) in [5.74, 6) is -0.923. The predicted molar refractivity (Wildman–Crippen MR) is 104 cm³/mol. The molecule has 1 aliphatic heterocycles. The van der Waals surface area contributed by atoms with E-state index in [1.807, 2.05) is 4.90 Å².